The molecule has 1 aliphatic heterocycles. The van der Waals surface area contributed by atoms with E-state index in [2.05, 4.69) is 22.0 Å². The molecule has 0 atom stereocenters. The summed E-state index contributed by atoms with van der Waals surface area (Å²) >= 11 is 0. The molecule has 0 spiro atoms. The molecular formula is C17H16N4O. The van der Waals surface area contributed by atoms with Gasteiger partial charge in [0.05, 0.1) is 24.9 Å². The molecule has 3 aromatic rings. The maximum Gasteiger partial charge on any atom is 0.156 e. The topological polar surface area (TPSA) is 51.1 Å². The zero-order chi connectivity index (χ0) is 14.8. The van der Waals surface area contributed by atoms with Crippen LogP contribution in [0.1, 0.15) is 0 Å². The molecule has 0 amide bonds. The first-order chi connectivity index (χ1) is 10.9. The van der Waals surface area contributed by atoms with Crippen molar-refractivity contribution in [1.29, 1.82) is 0 Å². The van der Waals surface area contributed by atoms with Crippen LogP contribution in [-0.4, -0.2) is 41.3 Å². The van der Waals surface area contributed by atoms with E-state index in [9.17, 15) is 0 Å². The van der Waals surface area contributed by atoms with Crippen LogP contribution in [0.3, 0.4) is 0 Å². The van der Waals surface area contributed by atoms with Crippen LogP contribution in [0.2, 0.25) is 0 Å². The zero-order valence-electron chi connectivity index (χ0n) is 12.1. The Kier molecular flexibility index (Phi) is 3.40. The van der Waals surface area contributed by atoms with Crippen LogP contribution in [0.15, 0.2) is 48.8 Å². The van der Waals surface area contributed by atoms with E-state index in [-0.39, 0.29) is 0 Å². The van der Waals surface area contributed by atoms with Crippen LogP contribution in [0, 0.1) is 0 Å². The quantitative estimate of drug-likeness (QED) is 0.726. The summed E-state index contributed by atoms with van der Waals surface area (Å²) < 4.78 is 5.45. The van der Waals surface area contributed by atoms with E-state index in [4.69, 9.17) is 14.7 Å². The minimum Gasteiger partial charge on any atom is -0.378 e. The van der Waals surface area contributed by atoms with Gasteiger partial charge >= 0.3 is 0 Å². The van der Waals surface area contributed by atoms with Crippen molar-refractivity contribution in [3.05, 3.63) is 48.8 Å². The summed E-state index contributed by atoms with van der Waals surface area (Å²) in [7, 11) is 0. The predicted molar refractivity (Wildman–Crippen MR) is 85.8 cm³/mol. The van der Waals surface area contributed by atoms with Gasteiger partial charge in [-0.25, -0.2) is 9.97 Å². The Hall–Kier alpha value is -2.53. The maximum atomic E-state index is 5.45. The van der Waals surface area contributed by atoms with E-state index in [1.807, 2.05) is 24.3 Å². The van der Waals surface area contributed by atoms with Gasteiger partial charge in [-0.2, -0.15) is 0 Å². The first kappa shape index (κ1) is 13.2. The monoisotopic (exact) mass is 292 g/mol. The van der Waals surface area contributed by atoms with E-state index >= 15 is 0 Å². The highest BCUT2D eigenvalue weighted by Crippen LogP contribution is 2.29. The first-order valence-corrected chi connectivity index (χ1v) is 7.42. The summed E-state index contributed by atoms with van der Waals surface area (Å²) in [6.45, 7) is 3.13. The van der Waals surface area contributed by atoms with Crippen LogP contribution in [0.5, 0.6) is 0 Å². The summed E-state index contributed by atoms with van der Waals surface area (Å²) in [6, 6.07) is 12.1. The molecule has 0 saturated carbocycles. The third-order valence-electron chi connectivity index (χ3n) is 3.81. The Labute approximate surface area is 128 Å². The van der Waals surface area contributed by atoms with Crippen molar-refractivity contribution in [2.45, 2.75) is 0 Å². The normalized spacial score (nSPS) is 15.2. The lowest BCUT2D eigenvalue weighted by atomic mass is 10.1. The summed E-state index contributed by atoms with van der Waals surface area (Å²) in [5.41, 5.74) is 3.67. The molecule has 22 heavy (non-hydrogen) atoms. The number of ether oxygens (including phenoxy) is 1. The van der Waals surface area contributed by atoms with E-state index in [0.29, 0.717) is 0 Å². The second-order valence-corrected chi connectivity index (χ2v) is 5.23. The van der Waals surface area contributed by atoms with Crippen LogP contribution in [-0.2, 0) is 4.74 Å². The van der Waals surface area contributed by atoms with Crippen molar-refractivity contribution in [3.8, 4) is 11.3 Å². The molecule has 0 aliphatic carbocycles. The van der Waals surface area contributed by atoms with Gasteiger partial charge in [0.15, 0.2) is 5.82 Å². The van der Waals surface area contributed by atoms with Gasteiger partial charge in [0.1, 0.15) is 11.2 Å². The fourth-order valence-electron chi connectivity index (χ4n) is 2.68. The number of aromatic nitrogens is 3. The number of pyridine rings is 1. The third-order valence-corrected chi connectivity index (χ3v) is 3.81. The minimum atomic E-state index is 0.726. The molecule has 3 heterocycles. The minimum absolute atomic E-state index is 0.726. The molecule has 5 heteroatoms. The zero-order valence-corrected chi connectivity index (χ0v) is 12.1. The number of hydrogen-bond donors (Lipinski definition) is 0. The number of nitrogens with zero attached hydrogens (tertiary/aromatic N) is 4. The van der Waals surface area contributed by atoms with Gasteiger partial charge in [0.2, 0.25) is 0 Å². The summed E-state index contributed by atoms with van der Waals surface area (Å²) in [6.07, 6.45) is 3.51. The van der Waals surface area contributed by atoms with E-state index in [0.717, 1.165) is 54.4 Å². The second-order valence-electron chi connectivity index (χ2n) is 5.23. The van der Waals surface area contributed by atoms with Crippen molar-refractivity contribution in [3.63, 3.8) is 0 Å². The van der Waals surface area contributed by atoms with Gasteiger partial charge in [-0.15, -0.1) is 0 Å². The Morgan fingerprint density at radius 3 is 2.55 bits per heavy atom. The van der Waals surface area contributed by atoms with Gasteiger partial charge in [0, 0.05) is 24.8 Å². The number of hydrogen-bond acceptors (Lipinski definition) is 5. The molecule has 1 aromatic carbocycles. The van der Waals surface area contributed by atoms with Crippen molar-refractivity contribution >= 4 is 16.9 Å². The summed E-state index contributed by atoms with van der Waals surface area (Å²) in [5, 5.41) is 0. The van der Waals surface area contributed by atoms with E-state index in [1.54, 1.807) is 12.4 Å². The fraction of sp³-hybridized carbons (Fsp3) is 0.235. The lowest BCUT2D eigenvalue weighted by molar-refractivity contribution is 0.122. The Morgan fingerprint density at radius 1 is 0.909 bits per heavy atom. The van der Waals surface area contributed by atoms with Crippen molar-refractivity contribution in [2.75, 3.05) is 31.2 Å². The highest BCUT2D eigenvalue weighted by Gasteiger charge is 2.19. The lowest BCUT2D eigenvalue weighted by Crippen LogP contribution is -2.37. The van der Waals surface area contributed by atoms with E-state index in [1.165, 1.54) is 0 Å². The van der Waals surface area contributed by atoms with Gasteiger partial charge in [-0.05, 0) is 6.07 Å². The molecule has 1 saturated heterocycles. The van der Waals surface area contributed by atoms with Gasteiger partial charge in [-0.1, -0.05) is 30.3 Å². The van der Waals surface area contributed by atoms with Crippen LogP contribution >= 0.6 is 0 Å². The molecule has 110 valence electrons. The molecule has 0 bridgehead atoms. The number of fused-ring (bicyclic) bond motifs is 1. The average Bonchev–Trinajstić information content (AvgIpc) is 2.62. The fourth-order valence-corrected chi connectivity index (χ4v) is 2.68. The Bertz CT molecular complexity index is 785. The van der Waals surface area contributed by atoms with E-state index < -0.39 is 0 Å². The van der Waals surface area contributed by atoms with Crippen LogP contribution in [0.25, 0.3) is 22.3 Å². The summed E-state index contributed by atoms with van der Waals surface area (Å²) in [5.74, 6) is 0.924. The van der Waals surface area contributed by atoms with Crippen molar-refractivity contribution in [1.82, 2.24) is 15.0 Å². The molecule has 5 nitrogen and oxygen atoms in total. The number of benzene rings is 1. The molecular weight excluding hydrogens is 276 g/mol. The lowest BCUT2D eigenvalue weighted by Gasteiger charge is -2.29. The summed E-state index contributed by atoms with van der Waals surface area (Å²) in [4.78, 5) is 16.1. The molecule has 0 radical (unpaired) electrons. The molecule has 1 fully saturated rings. The second kappa shape index (κ2) is 5.69. The Balaban J connectivity index is 1.91. The maximum absolute atomic E-state index is 5.45. The average molecular weight is 292 g/mol. The van der Waals surface area contributed by atoms with Gasteiger partial charge in [0.25, 0.3) is 0 Å². The SMILES string of the molecule is c1ccc(-c2nc3cnccc3nc2N2CCOCC2)cc1. The van der Waals surface area contributed by atoms with Crippen LogP contribution in [0.4, 0.5) is 5.82 Å². The van der Waals surface area contributed by atoms with Gasteiger partial charge in [-0.3, -0.25) is 4.98 Å². The molecule has 2 aromatic heterocycles. The number of rotatable bonds is 2. The first-order valence-electron chi connectivity index (χ1n) is 7.42. The predicted octanol–water partition coefficient (Wildman–Crippen LogP) is 2.53. The van der Waals surface area contributed by atoms with Crippen LogP contribution < -0.4 is 4.90 Å². The molecule has 0 N–H and O–H groups in total. The van der Waals surface area contributed by atoms with Crippen molar-refractivity contribution in [2.24, 2.45) is 0 Å². The largest absolute Gasteiger partial charge is 0.378 e. The highest BCUT2D eigenvalue weighted by atomic mass is 16.5. The number of morpholine rings is 1. The van der Waals surface area contributed by atoms with Gasteiger partial charge < -0.3 is 9.64 Å². The smallest absolute Gasteiger partial charge is 0.156 e. The Morgan fingerprint density at radius 2 is 1.73 bits per heavy atom. The molecule has 1 aliphatic rings. The standard InChI is InChI=1S/C17H16N4O/c1-2-4-13(5-3-1)16-17(21-8-10-22-11-9-21)20-14-6-7-18-12-15(14)19-16/h1-7,12H,8-11H2. The molecule has 0 unspecified atom stereocenters. The third kappa shape index (κ3) is 2.40. The highest BCUT2D eigenvalue weighted by molar-refractivity contribution is 5.83. The number of anilines is 1. The molecule has 4 rings (SSSR count). The van der Waals surface area contributed by atoms with Crippen molar-refractivity contribution < 1.29 is 4.74 Å².